The Bertz CT molecular complexity index is 808. The van der Waals surface area contributed by atoms with Crippen molar-refractivity contribution in [3.8, 4) is 5.75 Å². The average Bonchev–Trinajstić information content (AvgIpc) is 2.74. The highest BCUT2D eigenvalue weighted by Gasteiger charge is 2.26. The maximum Gasteiger partial charge on any atom is 0.261 e. The Hall–Kier alpha value is -2.34. The standard InChI is InChI=1S/C23H29BrN2O3/c1-4-13-25-23(28)17(3)26(15-19-7-6-8-20(24)14-19)22(27)16-29-21-11-9-18(5-2)10-12-21/h6-12,14,17H,4-5,13,15-16H2,1-3H3,(H,25,28). The molecule has 0 aliphatic carbocycles. The summed E-state index contributed by atoms with van der Waals surface area (Å²) in [6, 6.07) is 14.8. The third-order valence-corrected chi connectivity index (χ3v) is 5.15. The molecule has 0 heterocycles. The molecule has 0 radical (unpaired) electrons. The Balaban J connectivity index is 2.11. The van der Waals surface area contributed by atoms with Gasteiger partial charge in [-0.15, -0.1) is 0 Å². The van der Waals surface area contributed by atoms with Gasteiger partial charge in [0.05, 0.1) is 0 Å². The van der Waals surface area contributed by atoms with Gasteiger partial charge in [-0.2, -0.15) is 0 Å². The van der Waals surface area contributed by atoms with Crippen molar-refractivity contribution in [2.24, 2.45) is 0 Å². The van der Waals surface area contributed by atoms with E-state index in [2.05, 4.69) is 28.2 Å². The molecular formula is C23H29BrN2O3. The highest BCUT2D eigenvalue weighted by molar-refractivity contribution is 9.10. The van der Waals surface area contributed by atoms with Crippen molar-refractivity contribution in [2.45, 2.75) is 46.2 Å². The topological polar surface area (TPSA) is 58.6 Å². The first-order chi connectivity index (χ1) is 13.9. The molecule has 0 aliphatic heterocycles. The Kier molecular flexibility index (Phi) is 9.19. The summed E-state index contributed by atoms with van der Waals surface area (Å²) < 4.78 is 6.62. The van der Waals surface area contributed by atoms with Crippen LogP contribution >= 0.6 is 15.9 Å². The van der Waals surface area contributed by atoms with E-state index in [0.29, 0.717) is 18.8 Å². The van der Waals surface area contributed by atoms with Crippen LogP contribution in [0.3, 0.4) is 0 Å². The van der Waals surface area contributed by atoms with Crippen molar-refractivity contribution in [1.82, 2.24) is 10.2 Å². The molecular weight excluding hydrogens is 432 g/mol. The van der Waals surface area contributed by atoms with Crippen LogP contribution in [-0.2, 0) is 22.6 Å². The Morgan fingerprint density at radius 3 is 2.45 bits per heavy atom. The zero-order chi connectivity index (χ0) is 21.2. The maximum atomic E-state index is 13.0. The first kappa shape index (κ1) is 22.9. The second kappa shape index (κ2) is 11.6. The van der Waals surface area contributed by atoms with Gasteiger partial charge in [-0.1, -0.05) is 54.0 Å². The molecule has 6 heteroatoms. The molecule has 29 heavy (non-hydrogen) atoms. The smallest absolute Gasteiger partial charge is 0.261 e. The van der Waals surface area contributed by atoms with Gasteiger partial charge in [-0.25, -0.2) is 0 Å². The van der Waals surface area contributed by atoms with Crippen LogP contribution < -0.4 is 10.1 Å². The summed E-state index contributed by atoms with van der Waals surface area (Å²) in [5.41, 5.74) is 2.15. The first-order valence-corrected chi connectivity index (χ1v) is 10.8. The molecule has 2 aromatic rings. The van der Waals surface area contributed by atoms with Crippen LogP contribution in [0.25, 0.3) is 0 Å². The summed E-state index contributed by atoms with van der Waals surface area (Å²) in [6.45, 7) is 6.62. The summed E-state index contributed by atoms with van der Waals surface area (Å²) in [5.74, 6) is 0.243. The molecule has 5 nitrogen and oxygen atoms in total. The van der Waals surface area contributed by atoms with Crippen LogP contribution in [0.4, 0.5) is 0 Å². The van der Waals surface area contributed by atoms with Crippen molar-refractivity contribution < 1.29 is 14.3 Å². The number of hydrogen-bond acceptors (Lipinski definition) is 3. The quantitative estimate of drug-likeness (QED) is 0.573. The van der Waals surface area contributed by atoms with Gasteiger partial charge in [0.25, 0.3) is 5.91 Å². The first-order valence-electron chi connectivity index (χ1n) is 9.98. The third kappa shape index (κ3) is 7.20. The number of carbonyl (C=O) groups is 2. The number of aryl methyl sites for hydroxylation is 1. The predicted molar refractivity (Wildman–Crippen MR) is 119 cm³/mol. The van der Waals surface area contributed by atoms with E-state index in [0.717, 1.165) is 22.9 Å². The lowest BCUT2D eigenvalue weighted by Crippen LogP contribution is -2.49. The zero-order valence-electron chi connectivity index (χ0n) is 17.3. The predicted octanol–water partition coefficient (Wildman–Crippen LogP) is 4.33. The van der Waals surface area contributed by atoms with Gasteiger partial charge in [0, 0.05) is 17.6 Å². The lowest BCUT2D eigenvalue weighted by Gasteiger charge is -2.28. The van der Waals surface area contributed by atoms with Crippen LogP contribution in [0.5, 0.6) is 5.75 Å². The molecule has 1 N–H and O–H groups in total. The molecule has 0 aromatic heterocycles. The molecule has 0 saturated carbocycles. The molecule has 0 bridgehead atoms. The fourth-order valence-corrected chi connectivity index (χ4v) is 3.31. The zero-order valence-corrected chi connectivity index (χ0v) is 18.9. The molecule has 0 aliphatic rings. The van der Waals surface area contributed by atoms with E-state index in [1.165, 1.54) is 5.56 Å². The van der Waals surface area contributed by atoms with E-state index in [1.54, 1.807) is 11.8 Å². The second-order valence-corrected chi connectivity index (χ2v) is 7.82. The van der Waals surface area contributed by atoms with Crippen molar-refractivity contribution >= 4 is 27.7 Å². The fraction of sp³-hybridized carbons (Fsp3) is 0.391. The largest absolute Gasteiger partial charge is 0.484 e. The number of carbonyl (C=O) groups excluding carboxylic acids is 2. The molecule has 0 spiro atoms. The van der Waals surface area contributed by atoms with E-state index < -0.39 is 6.04 Å². The Morgan fingerprint density at radius 1 is 1.10 bits per heavy atom. The molecule has 1 atom stereocenters. The molecule has 0 fully saturated rings. The summed E-state index contributed by atoms with van der Waals surface area (Å²) in [7, 11) is 0. The minimum Gasteiger partial charge on any atom is -0.484 e. The van der Waals surface area contributed by atoms with Crippen molar-refractivity contribution in [3.05, 3.63) is 64.1 Å². The number of benzene rings is 2. The van der Waals surface area contributed by atoms with Gasteiger partial charge in [-0.05, 0) is 55.2 Å². The number of nitrogens with zero attached hydrogens (tertiary/aromatic N) is 1. The van der Waals surface area contributed by atoms with Gasteiger partial charge in [-0.3, -0.25) is 9.59 Å². The van der Waals surface area contributed by atoms with Crippen LogP contribution in [0.1, 0.15) is 38.3 Å². The van der Waals surface area contributed by atoms with E-state index in [4.69, 9.17) is 4.74 Å². The summed E-state index contributed by atoms with van der Waals surface area (Å²) in [5, 5.41) is 2.87. The van der Waals surface area contributed by atoms with E-state index in [-0.39, 0.29) is 18.4 Å². The van der Waals surface area contributed by atoms with E-state index in [1.807, 2.05) is 55.5 Å². The number of ether oxygens (including phenoxy) is 1. The highest BCUT2D eigenvalue weighted by Crippen LogP contribution is 2.17. The summed E-state index contributed by atoms with van der Waals surface area (Å²) in [4.78, 5) is 27.0. The highest BCUT2D eigenvalue weighted by atomic mass is 79.9. The summed E-state index contributed by atoms with van der Waals surface area (Å²) >= 11 is 3.45. The van der Waals surface area contributed by atoms with Gasteiger partial charge < -0.3 is 15.0 Å². The third-order valence-electron chi connectivity index (χ3n) is 4.65. The van der Waals surface area contributed by atoms with Gasteiger partial charge in [0.1, 0.15) is 11.8 Å². The minimum atomic E-state index is -0.598. The van der Waals surface area contributed by atoms with Crippen LogP contribution in [0, 0.1) is 0 Å². The van der Waals surface area contributed by atoms with E-state index in [9.17, 15) is 9.59 Å². The van der Waals surface area contributed by atoms with Crippen LogP contribution in [-0.4, -0.2) is 35.9 Å². The lowest BCUT2D eigenvalue weighted by atomic mass is 10.1. The normalized spacial score (nSPS) is 11.6. The molecule has 1 unspecified atom stereocenters. The molecule has 2 amide bonds. The van der Waals surface area contributed by atoms with Crippen molar-refractivity contribution in [2.75, 3.05) is 13.2 Å². The number of nitrogens with one attached hydrogen (secondary N) is 1. The van der Waals surface area contributed by atoms with Gasteiger partial charge in [0.2, 0.25) is 5.91 Å². The molecule has 2 aromatic carbocycles. The van der Waals surface area contributed by atoms with Crippen molar-refractivity contribution in [3.63, 3.8) is 0 Å². The van der Waals surface area contributed by atoms with Crippen molar-refractivity contribution in [1.29, 1.82) is 0 Å². The SMILES string of the molecule is CCCNC(=O)C(C)N(Cc1cccc(Br)c1)C(=O)COc1ccc(CC)cc1. The second-order valence-electron chi connectivity index (χ2n) is 6.90. The Morgan fingerprint density at radius 2 is 1.83 bits per heavy atom. The van der Waals surface area contributed by atoms with Crippen LogP contribution in [0.15, 0.2) is 53.0 Å². The number of rotatable bonds is 10. The number of halogens is 1. The number of hydrogen-bond donors (Lipinski definition) is 1. The van der Waals surface area contributed by atoms with E-state index >= 15 is 0 Å². The van der Waals surface area contributed by atoms with Gasteiger partial charge >= 0.3 is 0 Å². The maximum absolute atomic E-state index is 13.0. The fourth-order valence-electron chi connectivity index (χ4n) is 2.86. The monoisotopic (exact) mass is 460 g/mol. The lowest BCUT2D eigenvalue weighted by molar-refractivity contribution is -0.142. The van der Waals surface area contributed by atoms with Crippen LogP contribution in [0.2, 0.25) is 0 Å². The summed E-state index contributed by atoms with van der Waals surface area (Å²) in [6.07, 6.45) is 1.79. The molecule has 0 saturated heterocycles. The molecule has 2 rings (SSSR count). The van der Waals surface area contributed by atoms with Gasteiger partial charge in [0.15, 0.2) is 6.61 Å². The minimum absolute atomic E-state index is 0.120. The Labute approximate surface area is 181 Å². The molecule has 156 valence electrons. The average molecular weight is 461 g/mol. The number of amides is 2.